The summed E-state index contributed by atoms with van der Waals surface area (Å²) >= 11 is 0. The quantitative estimate of drug-likeness (QED) is 0.862. The van der Waals surface area contributed by atoms with E-state index in [1.54, 1.807) is 6.92 Å². The second kappa shape index (κ2) is 5.97. The van der Waals surface area contributed by atoms with Crippen molar-refractivity contribution in [3.63, 3.8) is 0 Å². The minimum absolute atomic E-state index is 0.388. The van der Waals surface area contributed by atoms with E-state index < -0.39 is 30.5 Å². The van der Waals surface area contributed by atoms with E-state index in [-0.39, 0.29) is 0 Å². The minimum Gasteiger partial charge on any atom is -0.392 e. The molecule has 0 aliphatic carbocycles. The fourth-order valence-electron chi connectivity index (χ4n) is 3.31. The van der Waals surface area contributed by atoms with E-state index in [0.717, 1.165) is 12.8 Å². The molecule has 2 aliphatic rings. The van der Waals surface area contributed by atoms with Crippen LogP contribution in [0.1, 0.15) is 39.0 Å². The van der Waals surface area contributed by atoms with Crippen molar-refractivity contribution in [1.82, 2.24) is 4.90 Å². The van der Waals surface area contributed by atoms with Gasteiger partial charge in [-0.2, -0.15) is 13.2 Å². The predicted molar refractivity (Wildman–Crippen MR) is 64.8 cm³/mol. The van der Waals surface area contributed by atoms with Gasteiger partial charge in [0.1, 0.15) is 6.04 Å². The second-order valence-corrected chi connectivity index (χ2v) is 5.58. The van der Waals surface area contributed by atoms with Crippen LogP contribution in [0.25, 0.3) is 0 Å². The largest absolute Gasteiger partial charge is 0.406 e. The van der Waals surface area contributed by atoms with Crippen molar-refractivity contribution in [2.75, 3.05) is 13.2 Å². The fourth-order valence-corrected chi connectivity index (χ4v) is 3.31. The van der Waals surface area contributed by atoms with Crippen LogP contribution in [0.4, 0.5) is 13.2 Å². The first kappa shape index (κ1) is 15.1. The Morgan fingerprint density at radius 2 is 1.95 bits per heavy atom. The lowest BCUT2D eigenvalue weighted by atomic mass is 9.93. The summed E-state index contributed by atoms with van der Waals surface area (Å²) < 4.78 is 45.4. The molecule has 2 aliphatic heterocycles. The number of nitrogens with zero attached hydrogens (tertiary/aromatic N) is 1. The van der Waals surface area contributed by atoms with Crippen molar-refractivity contribution in [2.45, 2.75) is 69.5 Å². The van der Waals surface area contributed by atoms with E-state index in [0.29, 0.717) is 32.4 Å². The van der Waals surface area contributed by atoms with E-state index in [1.165, 1.54) is 4.90 Å². The average molecular weight is 281 g/mol. The van der Waals surface area contributed by atoms with E-state index in [1.807, 2.05) is 0 Å². The first-order valence-electron chi connectivity index (χ1n) is 7.03. The molecular weight excluding hydrogens is 259 g/mol. The van der Waals surface area contributed by atoms with E-state index >= 15 is 0 Å². The third-order valence-corrected chi connectivity index (χ3v) is 4.16. The van der Waals surface area contributed by atoms with Crippen molar-refractivity contribution in [1.29, 1.82) is 0 Å². The predicted octanol–water partition coefficient (Wildman–Crippen LogP) is 2.33. The zero-order chi connectivity index (χ0) is 14.0. The van der Waals surface area contributed by atoms with Crippen LogP contribution in [0.5, 0.6) is 0 Å². The highest BCUT2D eigenvalue weighted by Gasteiger charge is 2.52. The van der Waals surface area contributed by atoms with Gasteiger partial charge in [0, 0.05) is 12.6 Å². The maximum atomic E-state index is 13.4. The molecule has 4 atom stereocenters. The SMILES string of the molecule is CC(O)C1CCCCN1C(C1CCCO1)C(F)(F)F. The van der Waals surface area contributed by atoms with E-state index in [9.17, 15) is 18.3 Å². The van der Waals surface area contributed by atoms with Gasteiger partial charge < -0.3 is 9.84 Å². The summed E-state index contributed by atoms with van der Waals surface area (Å²) in [6.07, 6.45) is -2.44. The van der Waals surface area contributed by atoms with E-state index in [2.05, 4.69) is 0 Å². The third kappa shape index (κ3) is 3.41. The van der Waals surface area contributed by atoms with Gasteiger partial charge in [-0.15, -0.1) is 0 Å². The molecule has 2 fully saturated rings. The first-order valence-corrected chi connectivity index (χ1v) is 7.03. The Labute approximate surface area is 111 Å². The van der Waals surface area contributed by atoms with Gasteiger partial charge in [-0.1, -0.05) is 6.42 Å². The molecule has 19 heavy (non-hydrogen) atoms. The normalized spacial score (nSPS) is 33.3. The summed E-state index contributed by atoms with van der Waals surface area (Å²) in [5, 5.41) is 9.76. The first-order chi connectivity index (χ1) is 8.91. The molecule has 3 nitrogen and oxygen atoms in total. The summed E-state index contributed by atoms with van der Waals surface area (Å²) in [4.78, 5) is 1.43. The molecule has 0 spiro atoms. The van der Waals surface area contributed by atoms with Crippen LogP contribution in [0.3, 0.4) is 0 Å². The summed E-state index contributed by atoms with van der Waals surface area (Å²) in [5.41, 5.74) is 0. The maximum Gasteiger partial charge on any atom is 0.406 e. The fraction of sp³-hybridized carbons (Fsp3) is 1.00. The number of ether oxygens (including phenoxy) is 1. The van der Waals surface area contributed by atoms with Crippen molar-refractivity contribution < 1.29 is 23.0 Å². The molecule has 0 bridgehead atoms. The van der Waals surface area contributed by atoms with Crippen molar-refractivity contribution >= 4 is 0 Å². The van der Waals surface area contributed by atoms with E-state index in [4.69, 9.17) is 4.74 Å². The molecule has 0 aromatic carbocycles. The molecule has 0 radical (unpaired) electrons. The molecule has 2 heterocycles. The molecule has 0 aromatic heterocycles. The molecule has 2 saturated heterocycles. The van der Waals surface area contributed by atoms with Crippen LogP contribution in [0.2, 0.25) is 0 Å². The van der Waals surface area contributed by atoms with Gasteiger partial charge >= 0.3 is 6.18 Å². The Hall–Kier alpha value is -0.330. The number of hydrogen-bond acceptors (Lipinski definition) is 3. The summed E-state index contributed by atoms with van der Waals surface area (Å²) in [6, 6.07) is -1.99. The van der Waals surface area contributed by atoms with Gasteiger partial charge in [0.25, 0.3) is 0 Å². The van der Waals surface area contributed by atoms with Gasteiger partial charge in [0.15, 0.2) is 0 Å². The lowest BCUT2D eigenvalue weighted by molar-refractivity contribution is -0.223. The Morgan fingerprint density at radius 3 is 2.47 bits per heavy atom. The lowest BCUT2D eigenvalue weighted by Crippen LogP contribution is -2.60. The number of aliphatic hydroxyl groups excluding tert-OH is 1. The minimum atomic E-state index is -4.31. The Morgan fingerprint density at radius 1 is 1.21 bits per heavy atom. The monoisotopic (exact) mass is 281 g/mol. The van der Waals surface area contributed by atoms with Crippen LogP contribution in [-0.2, 0) is 4.74 Å². The Balaban J connectivity index is 2.20. The van der Waals surface area contributed by atoms with Crippen LogP contribution >= 0.6 is 0 Å². The molecule has 6 heteroatoms. The molecule has 112 valence electrons. The summed E-state index contributed by atoms with van der Waals surface area (Å²) in [5.74, 6) is 0. The average Bonchev–Trinajstić information content (AvgIpc) is 2.81. The molecule has 0 saturated carbocycles. The van der Waals surface area contributed by atoms with Gasteiger partial charge in [-0.3, -0.25) is 4.90 Å². The van der Waals surface area contributed by atoms with Crippen molar-refractivity contribution in [2.24, 2.45) is 0 Å². The highest BCUT2D eigenvalue weighted by atomic mass is 19.4. The van der Waals surface area contributed by atoms with Gasteiger partial charge in [0.2, 0.25) is 0 Å². The Kier molecular flexibility index (Phi) is 4.74. The standard InChI is InChI=1S/C13H22F3NO2/c1-9(18)10-5-2-3-7-17(10)12(13(14,15)16)11-6-4-8-19-11/h9-12,18H,2-8H2,1H3. The molecule has 0 amide bonds. The van der Waals surface area contributed by atoms with Crippen LogP contribution in [-0.4, -0.2) is 53.6 Å². The highest BCUT2D eigenvalue weighted by Crippen LogP contribution is 2.36. The second-order valence-electron chi connectivity index (χ2n) is 5.58. The molecule has 4 unspecified atom stereocenters. The molecule has 0 aromatic rings. The summed E-state index contributed by atoms with van der Waals surface area (Å²) in [7, 11) is 0. The van der Waals surface area contributed by atoms with Gasteiger partial charge in [-0.25, -0.2) is 0 Å². The molecule has 2 rings (SSSR count). The van der Waals surface area contributed by atoms with Crippen molar-refractivity contribution in [3.8, 4) is 0 Å². The topological polar surface area (TPSA) is 32.7 Å². The van der Waals surface area contributed by atoms with Crippen molar-refractivity contribution in [3.05, 3.63) is 0 Å². The molecule has 1 N–H and O–H groups in total. The van der Waals surface area contributed by atoms with Crippen LogP contribution in [0, 0.1) is 0 Å². The maximum absolute atomic E-state index is 13.4. The summed E-state index contributed by atoms with van der Waals surface area (Å²) in [6.45, 7) is 2.37. The lowest BCUT2D eigenvalue weighted by Gasteiger charge is -2.44. The zero-order valence-corrected chi connectivity index (χ0v) is 11.2. The Bertz CT molecular complexity index is 290. The molecular formula is C13H22F3NO2. The van der Waals surface area contributed by atoms with Gasteiger partial charge in [0.05, 0.1) is 12.2 Å². The number of alkyl halides is 3. The smallest absolute Gasteiger partial charge is 0.392 e. The van der Waals surface area contributed by atoms with Crippen LogP contribution < -0.4 is 0 Å². The number of piperidine rings is 1. The number of hydrogen-bond donors (Lipinski definition) is 1. The highest BCUT2D eigenvalue weighted by molar-refractivity contribution is 4.94. The third-order valence-electron chi connectivity index (χ3n) is 4.16. The number of likely N-dealkylation sites (tertiary alicyclic amines) is 1. The van der Waals surface area contributed by atoms with Crippen LogP contribution in [0.15, 0.2) is 0 Å². The number of halogens is 3. The zero-order valence-electron chi connectivity index (χ0n) is 11.2. The van der Waals surface area contributed by atoms with Gasteiger partial charge in [-0.05, 0) is 39.2 Å². The number of rotatable bonds is 3. The number of aliphatic hydroxyl groups is 1.